The number of hydrogen-bond acceptors (Lipinski definition) is 6. The molecule has 1 atom stereocenters. The molecule has 0 N–H and O–H groups in total. The number of carbonyl (C=O) groups is 2. The normalized spacial score (nSPS) is 13.3. The number of methoxy groups -OCH3 is 2. The standard InChI is InChI=1S/C24H36O5SSi/c1-16(23(26)28-6)12-19(25)22-14-18-13-17(20(27-5)15-21(18)30-22)10-9-11-29-31(7,8)24(2,3)4/h13-16H,9-12H2,1-8H3. The van der Waals surface area contributed by atoms with Crippen LogP contribution in [0.4, 0.5) is 0 Å². The topological polar surface area (TPSA) is 61.8 Å². The van der Waals surface area contributed by atoms with Gasteiger partial charge < -0.3 is 13.9 Å². The van der Waals surface area contributed by atoms with Gasteiger partial charge in [0.1, 0.15) is 5.75 Å². The molecule has 5 nitrogen and oxygen atoms in total. The zero-order valence-corrected chi connectivity index (χ0v) is 21.9. The summed E-state index contributed by atoms with van der Waals surface area (Å²) < 4.78 is 17.6. The van der Waals surface area contributed by atoms with Crippen LogP contribution in [0.25, 0.3) is 10.1 Å². The van der Waals surface area contributed by atoms with Crippen LogP contribution in [0, 0.1) is 5.92 Å². The van der Waals surface area contributed by atoms with Crippen molar-refractivity contribution >= 4 is 41.5 Å². The van der Waals surface area contributed by atoms with E-state index in [9.17, 15) is 9.59 Å². The summed E-state index contributed by atoms with van der Waals surface area (Å²) in [5.41, 5.74) is 1.12. The second-order valence-corrected chi connectivity index (χ2v) is 15.5. The number of Topliss-reactive ketones (excluding diaryl/α,β-unsaturated/α-hetero) is 1. The lowest BCUT2D eigenvalue weighted by Crippen LogP contribution is -2.41. The number of fused-ring (bicyclic) bond motifs is 1. The van der Waals surface area contributed by atoms with Crippen molar-refractivity contribution in [3.05, 3.63) is 28.6 Å². The third-order valence-corrected chi connectivity index (χ3v) is 11.8. The Morgan fingerprint density at radius 1 is 1.13 bits per heavy atom. The van der Waals surface area contributed by atoms with Crippen LogP contribution in [0.5, 0.6) is 5.75 Å². The first-order valence-electron chi connectivity index (χ1n) is 10.7. The van der Waals surface area contributed by atoms with Crippen molar-refractivity contribution in [3.63, 3.8) is 0 Å². The van der Waals surface area contributed by atoms with Gasteiger partial charge in [0.2, 0.25) is 0 Å². The lowest BCUT2D eigenvalue weighted by Gasteiger charge is -2.36. The molecule has 0 amide bonds. The van der Waals surface area contributed by atoms with Crippen LogP contribution in [0.3, 0.4) is 0 Å². The predicted molar refractivity (Wildman–Crippen MR) is 130 cm³/mol. The maximum Gasteiger partial charge on any atom is 0.308 e. The van der Waals surface area contributed by atoms with Crippen molar-refractivity contribution in [3.8, 4) is 5.75 Å². The number of ketones is 1. The maximum absolute atomic E-state index is 12.6. The molecule has 0 saturated heterocycles. The first-order chi connectivity index (χ1) is 14.4. The van der Waals surface area contributed by atoms with Crippen molar-refractivity contribution in [2.75, 3.05) is 20.8 Å². The Bertz CT molecular complexity index is 926. The molecule has 0 aliphatic carbocycles. The van der Waals surface area contributed by atoms with Crippen LogP contribution < -0.4 is 4.74 Å². The molecule has 1 aromatic carbocycles. The fraction of sp³-hybridized carbons (Fsp3) is 0.583. The summed E-state index contributed by atoms with van der Waals surface area (Å²) in [5.74, 6) is -0.0157. The number of esters is 1. The highest BCUT2D eigenvalue weighted by Gasteiger charge is 2.36. The third-order valence-electron chi connectivity index (χ3n) is 6.15. The van der Waals surface area contributed by atoms with E-state index in [-0.39, 0.29) is 23.2 Å². The van der Waals surface area contributed by atoms with E-state index in [4.69, 9.17) is 13.9 Å². The SMILES string of the molecule is COC(=O)C(C)CC(=O)c1cc2cc(CCCO[Si](C)(C)C(C)(C)C)c(OC)cc2s1. The van der Waals surface area contributed by atoms with Crippen LogP contribution in [-0.4, -0.2) is 40.9 Å². The van der Waals surface area contributed by atoms with Gasteiger partial charge in [-0.25, -0.2) is 0 Å². The van der Waals surface area contributed by atoms with Gasteiger partial charge in [-0.3, -0.25) is 9.59 Å². The molecule has 1 heterocycles. The smallest absolute Gasteiger partial charge is 0.308 e. The van der Waals surface area contributed by atoms with Crippen molar-refractivity contribution in [1.29, 1.82) is 0 Å². The van der Waals surface area contributed by atoms with Crippen LogP contribution in [-0.2, 0) is 20.4 Å². The Hall–Kier alpha value is -1.70. The van der Waals surface area contributed by atoms with Crippen molar-refractivity contribution in [1.82, 2.24) is 0 Å². The summed E-state index contributed by atoms with van der Waals surface area (Å²) in [7, 11) is 1.27. The zero-order valence-electron chi connectivity index (χ0n) is 20.1. The quantitative estimate of drug-likeness (QED) is 0.180. The molecule has 0 aliphatic heterocycles. The molecule has 0 spiro atoms. The van der Waals surface area contributed by atoms with Gasteiger partial charge in [0.25, 0.3) is 0 Å². The minimum absolute atomic E-state index is 0.0395. The Labute approximate surface area is 191 Å². The summed E-state index contributed by atoms with van der Waals surface area (Å²) in [5, 5.41) is 1.23. The number of hydrogen-bond donors (Lipinski definition) is 0. The number of benzene rings is 1. The average Bonchev–Trinajstić information content (AvgIpc) is 3.11. The highest BCUT2D eigenvalue weighted by atomic mass is 32.1. The van der Waals surface area contributed by atoms with E-state index in [1.807, 2.05) is 12.1 Å². The van der Waals surface area contributed by atoms with Crippen molar-refractivity contribution in [2.24, 2.45) is 5.92 Å². The monoisotopic (exact) mass is 464 g/mol. The minimum Gasteiger partial charge on any atom is -0.496 e. The predicted octanol–water partition coefficient (Wildman–Crippen LogP) is 6.25. The van der Waals surface area contributed by atoms with Gasteiger partial charge in [-0.15, -0.1) is 11.3 Å². The van der Waals surface area contributed by atoms with Gasteiger partial charge >= 0.3 is 5.97 Å². The number of thiophene rings is 1. The highest BCUT2D eigenvalue weighted by Crippen LogP contribution is 2.37. The summed E-state index contributed by atoms with van der Waals surface area (Å²) in [6.45, 7) is 13.7. The van der Waals surface area contributed by atoms with Gasteiger partial charge in [-0.2, -0.15) is 0 Å². The summed E-state index contributed by atoms with van der Waals surface area (Å²) >= 11 is 1.44. The minimum atomic E-state index is -1.74. The van der Waals surface area contributed by atoms with Crippen LogP contribution >= 0.6 is 11.3 Å². The number of carbonyl (C=O) groups excluding carboxylic acids is 2. The second kappa shape index (κ2) is 10.3. The lowest BCUT2D eigenvalue weighted by atomic mass is 10.0. The van der Waals surface area contributed by atoms with E-state index in [0.29, 0.717) is 4.88 Å². The van der Waals surface area contributed by atoms with E-state index >= 15 is 0 Å². The Morgan fingerprint density at radius 2 is 1.81 bits per heavy atom. The van der Waals surface area contributed by atoms with Crippen LogP contribution in [0.2, 0.25) is 18.1 Å². The largest absolute Gasteiger partial charge is 0.496 e. The number of aryl methyl sites for hydroxylation is 1. The van der Waals surface area contributed by atoms with Crippen LogP contribution in [0.1, 0.15) is 55.8 Å². The molecule has 31 heavy (non-hydrogen) atoms. The van der Waals surface area contributed by atoms with Gasteiger partial charge in [0.15, 0.2) is 14.1 Å². The molecule has 2 rings (SSSR count). The van der Waals surface area contributed by atoms with E-state index in [1.54, 1.807) is 14.0 Å². The fourth-order valence-corrected chi connectivity index (χ4v) is 5.22. The molecule has 0 saturated carbocycles. The summed E-state index contributed by atoms with van der Waals surface area (Å²) in [4.78, 5) is 24.9. The molecule has 0 fully saturated rings. The zero-order chi connectivity index (χ0) is 23.4. The average molecular weight is 465 g/mol. The van der Waals surface area contributed by atoms with E-state index < -0.39 is 14.2 Å². The molecule has 7 heteroatoms. The van der Waals surface area contributed by atoms with Gasteiger partial charge in [-0.05, 0) is 60.1 Å². The summed E-state index contributed by atoms with van der Waals surface area (Å²) in [6.07, 6.45) is 1.92. The van der Waals surface area contributed by atoms with Gasteiger partial charge in [0.05, 0.1) is 25.0 Å². The maximum atomic E-state index is 12.6. The fourth-order valence-electron chi connectivity index (χ4n) is 3.11. The van der Waals surface area contributed by atoms with Gasteiger partial charge in [0, 0.05) is 17.7 Å². The Kier molecular flexibility index (Phi) is 8.47. The van der Waals surface area contributed by atoms with E-state index in [0.717, 1.165) is 40.8 Å². The highest BCUT2D eigenvalue weighted by molar-refractivity contribution is 7.20. The molecule has 0 aliphatic rings. The Morgan fingerprint density at radius 3 is 2.39 bits per heavy atom. The first-order valence-corrected chi connectivity index (χ1v) is 14.5. The number of ether oxygens (including phenoxy) is 2. The van der Waals surface area contributed by atoms with Gasteiger partial charge in [-0.1, -0.05) is 27.7 Å². The van der Waals surface area contributed by atoms with E-state index in [2.05, 4.69) is 39.9 Å². The molecule has 1 unspecified atom stereocenters. The summed E-state index contributed by atoms with van der Waals surface area (Å²) in [6, 6.07) is 6.03. The Balaban J connectivity index is 2.11. The number of rotatable bonds is 10. The van der Waals surface area contributed by atoms with Crippen molar-refractivity contribution in [2.45, 2.75) is 65.1 Å². The molecule has 1 aromatic heterocycles. The van der Waals surface area contributed by atoms with Crippen LogP contribution in [0.15, 0.2) is 18.2 Å². The molecule has 2 aromatic rings. The third kappa shape index (κ3) is 6.40. The molecular formula is C24H36O5SSi. The van der Waals surface area contributed by atoms with Crippen molar-refractivity contribution < 1.29 is 23.5 Å². The molecular weight excluding hydrogens is 428 g/mol. The van der Waals surface area contributed by atoms with E-state index in [1.165, 1.54) is 18.4 Å². The molecule has 0 radical (unpaired) electrons. The first kappa shape index (κ1) is 25.6. The lowest BCUT2D eigenvalue weighted by molar-refractivity contribution is -0.144. The molecule has 0 bridgehead atoms. The molecule has 172 valence electrons. The second-order valence-electron chi connectivity index (χ2n) is 9.58.